The maximum atomic E-state index is 13.0. The Morgan fingerprint density at radius 2 is 1.90 bits per heavy atom. The molecule has 1 aromatic heterocycles. The molecular weight excluding hydrogens is 390 g/mol. The highest BCUT2D eigenvalue weighted by atomic mass is 32.2. The van der Waals surface area contributed by atoms with E-state index in [-0.39, 0.29) is 10.5 Å². The van der Waals surface area contributed by atoms with Crippen molar-refractivity contribution in [1.82, 2.24) is 9.78 Å². The van der Waals surface area contributed by atoms with Gasteiger partial charge in [-0.25, -0.2) is 4.68 Å². The molecule has 0 saturated heterocycles. The summed E-state index contributed by atoms with van der Waals surface area (Å²) in [6.45, 7) is 4.05. The molecule has 0 bridgehead atoms. The van der Waals surface area contributed by atoms with Crippen LogP contribution >= 0.6 is 0 Å². The van der Waals surface area contributed by atoms with Crippen LogP contribution in [0.3, 0.4) is 0 Å². The van der Waals surface area contributed by atoms with E-state index in [0.717, 1.165) is 24.1 Å². The summed E-state index contributed by atoms with van der Waals surface area (Å²) in [6.07, 6.45) is 3.84. The number of aliphatic imine (C=N–C) groups is 1. The Balaban J connectivity index is 2.09. The number of H-pyrrole nitrogens is 1. The highest BCUT2D eigenvalue weighted by Gasteiger charge is 2.16. The Morgan fingerprint density at radius 3 is 2.59 bits per heavy atom. The van der Waals surface area contributed by atoms with E-state index < -0.39 is 10.1 Å². The smallest absolute Gasteiger partial charge is 0.294 e. The summed E-state index contributed by atoms with van der Waals surface area (Å²) < 4.78 is 33.4. The molecule has 2 aromatic carbocycles. The maximum absolute atomic E-state index is 13.0. The molecule has 2 N–H and O–H groups in total. The molecular formula is C21H23N3O4S. The number of hydrogen-bond acceptors (Lipinski definition) is 4. The first-order valence-electron chi connectivity index (χ1n) is 9.39. The Kier molecular flexibility index (Phi) is 6.14. The van der Waals surface area contributed by atoms with Crippen molar-refractivity contribution in [3.8, 4) is 5.69 Å². The summed E-state index contributed by atoms with van der Waals surface area (Å²) in [6, 6.07) is 13.3. The van der Waals surface area contributed by atoms with Crippen LogP contribution in [0.15, 0.2) is 63.2 Å². The molecule has 1 heterocycles. The number of nitrogens with zero attached hydrogens (tertiary/aromatic N) is 2. The van der Waals surface area contributed by atoms with Gasteiger partial charge in [0.2, 0.25) is 0 Å². The molecule has 8 heteroatoms. The summed E-state index contributed by atoms with van der Waals surface area (Å²) >= 11 is 0. The summed E-state index contributed by atoms with van der Waals surface area (Å²) in [5.74, 6) is 0. The van der Waals surface area contributed by atoms with Gasteiger partial charge in [-0.2, -0.15) is 8.42 Å². The van der Waals surface area contributed by atoms with Gasteiger partial charge in [0.1, 0.15) is 0 Å². The van der Waals surface area contributed by atoms with Crippen molar-refractivity contribution in [3.05, 3.63) is 75.7 Å². The Hall–Kier alpha value is -2.97. The summed E-state index contributed by atoms with van der Waals surface area (Å²) in [5.41, 5.74) is 3.01. The number of para-hydroxylation sites is 1. The number of nitrogens with one attached hydrogen (secondary N) is 1. The minimum Gasteiger partial charge on any atom is -0.294 e. The predicted octanol–water partition coefficient (Wildman–Crippen LogP) is 3.68. The van der Waals surface area contributed by atoms with Crippen LogP contribution in [0.1, 0.15) is 37.1 Å². The first kappa shape index (κ1) is 20.8. The molecule has 3 rings (SSSR count). The third kappa shape index (κ3) is 4.55. The van der Waals surface area contributed by atoms with Gasteiger partial charge in [-0.1, -0.05) is 44.5 Å². The number of aromatic nitrogens is 2. The number of benzene rings is 2. The molecule has 0 radical (unpaired) electrons. The van der Waals surface area contributed by atoms with Crippen molar-refractivity contribution in [1.29, 1.82) is 0 Å². The SMILES string of the molecule is CCCc1[nH]n(-c2cccc(S(=O)(=O)O)c2)c(=O)c1C=Nc1ccccc1CC. The van der Waals surface area contributed by atoms with E-state index in [4.69, 9.17) is 0 Å². The molecule has 29 heavy (non-hydrogen) atoms. The number of rotatable bonds is 7. The van der Waals surface area contributed by atoms with Gasteiger partial charge in [-0.3, -0.25) is 19.4 Å². The lowest BCUT2D eigenvalue weighted by atomic mass is 10.1. The van der Waals surface area contributed by atoms with Gasteiger partial charge in [0.25, 0.3) is 15.7 Å². The summed E-state index contributed by atoms with van der Waals surface area (Å²) in [5, 5.41) is 3.05. The predicted molar refractivity (Wildman–Crippen MR) is 113 cm³/mol. The van der Waals surface area contributed by atoms with Crippen molar-refractivity contribution in [3.63, 3.8) is 0 Å². The fourth-order valence-electron chi connectivity index (χ4n) is 3.10. The van der Waals surface area contributed by atoms with Gasteiger partial charge in [0.15, 0.2) is 0 Å². The lowest BCUT2D eigenvalue weighted by molar-refractivity contribution is 0.483. The zero-order valence-corrected chi connectivity index (χ0v) is 17.1. The molecule has 0 spiro atoms. The van der Waals surface area contributed by atoms with Crippen LogP contribution in [0.4, 0.5) is 5.69 Å². The third-order valence-corrected chi connectivity index (χ3v) is 5.43. The van der Waals surface area contributed by atoms with Crippen molar-refractivity contribution >= 4 is 22.0 Å². The van der Waals surface area contributed by atoms with Crippen molar-refractivity contribution in [2.24, 2.45) is 4.99 Å². The van der Waals surface area contributed by atoms with Crippen LogP contribution in [0.5, 0.6) is 0 Å². The molecule has 0 atom stereocenters. The van der Waals surface area contributed by atoms with E-state index in [1.54, 1.807) is 12.3 Å². The monoisotopic (exact) mass is 413 g/mol. The van der Waals surface area contributed by atoms with Gasteiger partial charge >= 0.3 is 0 Å². The highest BCUT2D eigenvalue weighted by Crippen LogP contribution is 2.19. The van der Waals surface area contributed by atoms with Crippen LogP contribution in [-0.2, 0) is 23.0 Å². The first-order valence-corrected chi connectivity index (χ1v) is 10.8. The normalized spacial score (nSPS) is 12.0. The maximum Gasteiger partial charge on any atom is 0.294 e. The van der Waals surface area contributed by atoms with Crippen molar-refractivity contribution in [2.75, 3.05) is 0 Å². The lowest BCUT2D eigenvalue weighted by Gasteiger charge is -2.03. The third-order valence-electron chi connectivity index (χ3n) is 4.58. The summed E-state index contributed by atoms with van der Waals surface area (Å²) in [4.78, 5) is 17.3. The minimum absolute atomic E-state index is 0.277. The second-order valence-corrected chi connectivity index (χ2v) is 8.03. The van der Waals surface area contributed by atoms with Gasteiger partial charge in [0, 0.05) is 11.9 Å². The molecule has 3 aromatic rings. The molecule has 152 valence electrons. The zero-order valence-electron chi connectivity index (χ0n) is 16.3. The van der Waals surface area contributed by atoms with E-state index in [1.165, 1.54) is 22.9 Å². The topological polar surface area (TPSA) is 105 Å². The summed E-state index contributed by atoms with van der Waals surface area (Å²) in [7, 11) is -4.37. The van der Waals surface area contributed by atoms with E-state index in [9.17, 15) is 17.8 Å². The highest BCUT2D eigenvalue weighted by molar-refractivity contribution is 7.85. The molecule has 7 nitrogen and oxygen atoms in total. The Labute approximate surface area is 169 Å². The van der Waals surface area contributed by atoms with E-state index in [2.05, 4.69) is 10.1 Å². The van der Waals surface area contributed by atoms with Gasteiger partial charge in [-0.15, -0.1) is 0 Å². The molecule has 0 unspecified atom stereocenters. The van der Waals surface area contributed by atoms with Crippen LogP contribution < -0.4 is 5.56 Å². The molecule has 0 aliphatic carbocycles. The molecule has 0 saturated carbocycles. The largest absolute Gasteiger partial charge is 0.294 e. The standard InChI is InChI=1S/C21H23N3O4S/c1-3-8-20-18(14-22-19-12-6-5-9-15(19)4-2)21(25)24(23-20)16-10-7-11-17(13-16)29(26,27)28/h5-7,9-14,23H,3-4,8H2,1-2H3,(H,26,27,28). The van der Waals surface area contributed by atoms with Crippen LogP contribution in [0, 0.1) is 0 Å². The van der Waals surface area contributed by atoms with Crippen LogP contribution in [-0.4, -0.2) is 29.0 Å². The second-order valence-electron chi connectivity index (χ2n) is 6.61. The lowest BCUT2D eigenvalue weighted by Crippen LogP contribution is -2.17. The number of hydrogen-bond donors (Lipinski definition) is 2. The Bertz CT molecular complexity index is 1210. The van der Waals surface area contributed by atoms with E-state index >= 15 is 0 Å². The molecule has 0 aliphatic rings. The fraction of sp³-hybridized carbons (Fsp3) is 0.238. The van der Waals surface area contributed by atoms with Crippen LogP contribution in [0.25, 0.3) is 5.69 Å². The first-order chi connectivity index (χ1) is 13.8. The second kappa shape index (κ2) is 8.59. The molecule has 0 aliphatic heterocycles. The molecule has 0 amide bonds. The number of aromatic amines is 1. The zero-order chi connectivity index (χ0) is 21.0. The average Bonchev–Trinajstić information content (AvgIpc) is 3.01. The average molecular weight is 413 g/mol. The van der Waals surface area contributed by atoms with Gasteiger partial charge in [-0.05, 0) is 42.7 Å². The van der Waals surface area contributed by atoms with Crippen molar-refractivity contribution < 1.29 is 13.0 Å². The van der Waals surface area contributed by atoms with E-state index in [0.29, 0.717) is 23.4 Å². The van der Waals surface area contributed by atoms with Gasteiger partial charge in [0.05, 0.1) is 21.8 Å². The Morgan fingerprint density at radius 1 is 1.14 bits per heavy atom. The van der Waals surface area contributed by atoms with Crippen LogP contribution in [0.2, 0.25) is 0 Å². The van der Waals surface area contributed by atoms with E-state index in [1.807, 2.05) is 38.1 Å². The van der Waals surface area contributed by atoms with Gasteiger partial charge < -0.3 is 0 Å². The minimum atomic E-state index is -4.37. The quantitative estimate of drug-likeness (QED) is 0.455. The van der Waals surface area contributed by atoms with Crippen molar-refractivity contribution in [2.45, 2.75) is 38.0 Å². The number of aryl methyl sites for hydroxylation is 2. The molecule has 0 fully saturated rings. The fourth-order valence-corrected chi connectivity index (χ4v) is 3.62.